The number of hydrogen-bond donors (Lipinski definition) is 0. The van der Waals surface area contributed by atoms with Gasteiger partial charge in [0.05, 0.1) is 0 Å². The number of Topliss-reactive ketones (excluding diaryl/α,β-unsaturated/α-hetero) is 1. The summed E-state index contributed by atoms with van der Waals surface area (Å²) >= 11 is 0. The standard InChI is InChI=1S/C15H27NO/c1-15(2,3)16-10-13(11-16)14(17)9-12-7-5-4-6-8-12/h12-13H,4-11H2,1-3H3. The van der Waals surface area contributed by atoms with Crippen LogP contribution in [-0.2, 0) is 4.79 Å². The summed E-state index contributed by atoms with van der Waals surface area (Å²) in [5.74, 6) is 1.59. The SMILES string of the molecule is CC(C)(C)N1CC(C(=O)CC2CCCCC2)C1. The molecule has 0 atom stereocenters. The molecule has 0 aromatic heterocycles. The van der Waals surface area contributed by atoms with Crippen molar-refractivity contribution in [3.63, 3.8) is 0 Å². The van der Waals surface area contributed by atoms with Crippen molar-refractivity contribution in [3.05, 3.63) is 0 Å². The van der Waals surface area contributed by atoms with Gasteiger partial charge in [0.15, 0.2) is 0 Å². The highest BCUT2D eigenvalue weighted by Gasteiger charge is 2.38. The highest BCUT2D eigenvalue weighted by Crippen LogP contribution is 2.31. The summed E-state index contributed by atoms with van der Waals surface area (Å²) in [7, 11) is 0. The van der Waals surface area contributed by atoms with Gasteiger partial charge in [0.1, 0.15) is 5.78 Å². The van der Waals surface area contributed by atoms with Crippen LogP contribution in [0.25, 0.3) is 0 Å². The number of hydrogen-bond acceptors (Lipinski definition) is 2. The number of carbonyl (C=O) groups is 1. The Balaban J connectivity index is 1.72. The molecule has 0 aromatic carbocycles. The molecular formula is C15H27NO. The van der Waals surface area contributed by atoms with Gasteiger partial charge >= 0.3 is 0 Å². The van der Waals surface area contributed by atoms with E-state index in [0.717, 1.165) is 19.5 Å². The minimum atomic E-state index is 0.238. The highest BCUT2D eigenvalue weighted by atomic mass is 16.1. The Bertz CT molecular complexity index is 267. The minimum Gasteiger partial charge on any atom is -0.299 e. The molecule has 0 aromatic rings. The Hall–Kier alpha value is -0.370. The molecular weight excluding hydrogens is 210 g/mol. The predicted octanol–water partition coefficient (Wildman–Crippen LogP) is 3.26. The van der Waals surface area contributed by atoms with Gasteiger partial charge in [0.2, 0.25) is 0 Å². The summed E-state index contributed by atoms with van der Waals surface area (Å²) in [5.41, 5.74) is 0.238. The second-order valence-electron chi connectivity index (χ2n) is 6.95. The molecule has 2 rings (SSSR count). The fraction of sp³-hybridized carbons (Fsp3) is 0.933. The first kappa shape index (κ1) is 13.1. The third kappa shape index (κ3) is 3.31. The Labute approximate surface area is 106 Å². The van der Waals surface area contributed by atoms with Crippen molar-refractivity contribution in [2.24, 2.45) is 11.8 Å². The van der Waals surface area contributed by atoms with Crippen molar-refractivity contribution in [3.8, 4) is 0 Å². The van der Waals surface area contributed by atoms with E-state index >= 15 is 0 Å². The average molecular weight is 237 g/mol. The molecule has 1 heterocycles. The van der Waals surface area contributed by atoms with Gasteiger partial charge in [-0.05, 0) is 26.7 Å². The Morgan fingerprint density at radius 3 is 2.24 bits per heavy atom. The Kier molecular flexibility index (Phi) is 3.92. The molecule has 98 valence electrons. The van der Waals surface area contributed by atoms with Crippen LogP contribution in [0.1, 0.15) is 59.3 Å². The first-order valence-corrected chi connectivity index (χ1v) is 7.24. The molecule has 0 bridgehead atoms. The van der Waals surface area contributed by atoms with E-state index in [0.29, 0.717) is 17.6 Å². The van der Waals surface area contributed by atoms with E-state index in [-0.39, 0.29) is 5.54 Å². The van der Waals surface area contributed by atoms with Crippen LogP contribution in [0.15, 0.2) is 0 Å². The zero-order valence-electron chi connectivity index (χ0n) is 11.7. The highest BCUT2D eigenvalue weighted by molar-refractivity contribution is 5.82. The molecule has 2 heteroatoms. The topological polar surface area (TPSA) is 20.3 Å². The van der Waals surface area contributed by atoms with Crippen LogP contribution < -0.4 is 0 Å². The molecule has 1 saturated heterocycles. The molecule has 0 N–H and O–H groups in total. The van der Waals surface area contributed by atoms with Crippen molar-refractivity contribution in [2.45, 2.75) is 64.8 Å². The second-order valence-corrected chi connectivity index (χ2v) is 6.95. The van der Waals surface area contributed by atoms with Crippen LogP contribution in [0.4, 0.5) is 0 Å². The van der Waals surface area contributed by atoms with E-state index in [2.05, 4.69) is 25.7 Å². The summed E-state index contributed by atoms with van der Waals surface area (Å²) in [6, 6.07) is 0. The molecule has 1 aliphatic carbocycles. The smallest absolute Gasteiger partial charge is 0.138 e. The summed E-state index contributed by atoms with van der Waals surface area (Å²) in [4.78, 5) is 14.6. The molecule has 1 aliphatic heterocycles. The first-order chi connectivity index (χ1) is 7.97. The van der Waals surface area contributed by atoms with Gasteiger partial charge in [-0.3, -0.25) is 9.69 Å². The van der Waals surface area contributed by atoms with Crippen molar-refractivity contribution >= 4 is 5.78 Å². The van der Waals surface area contributed by atoms with Gasteiger partial charge in [0.25, 0.3) is 0 Å². The van der Waals surface area contributed by atoms with Crippen molar-refractivity contribution < 1.29 is 4.79 Å². The molecule has 0 radical (unpaired) electrons. The van der Waals surface area contributed by atoms with Crippen molar-refractivity contribution in [1.29, 1.82) is 0 Å². The van der Waals surface area contributed by atoms with Crippen molar-refractivity contribution in [1.82, 2.24) is 4.90 Å². The van der Waals surface area contributed by atoms with Crippen LogP contribution in [0.2, 0.25) is 0 Å². The van der Waals surface area contributed by atoms with Gasteiger partial charge < -0.3 is 0 Å². The predicted molar refractivity (Wildman–Crippen MR) is 71.0 cm³/mol. The second kappa shape index (κ2) is 5.09. The van der Waals surface area contributed by atoms with Crippen molar-refractivity contribution in [2.75, 3.05) is 13.1 Å². The Morgan fingerprint density at radius 2 is 1.71 bits per heavy atom. The summed E-state index contributed by atoms with van der Waals surface area (Å²) in [6.07, 6.45) is 7.52. The monoisotopic (exact) mass is 237 g/mol. The average Bonchev–Trinajstić information content (AvgIpc) is 2.14. The maximum Gasteiger partial charge on any atom is 0.138 e. The fourth-order valence-electron chi connectivity index (χ4n) is 3.07. The van der Waals surface area contributed by atoms with E-state index in [4.69, 9.17) is 0 Å². The van der Waals surface area contributed by atoms with E-state index < -0.39 is 0 Å². The van der Waals surface area contributed by atoms with Crippen LogP contribution in [0, 0.1) is 11.8 Å². The lowest BCUT2D eigenvalue weighted by molar-refractivity contribution is -0.131. The normalized spacial score (nSPS) is 24.6. The van der Waals surface area contributed by atoms with E-state index in [1.165, 1.54) is 32.1 Å². The third-order valence-corrected chi connectivity index (χ3v) is 4.50. The molecule has 0 amide bonds. The Morgan fingerprint density at radius 1 is 1.12 bits per heavy atom. The number of nitrogens with zero attached hydrogens (tertiary/aromatic N) is 1. The van der Waals surface area contributed by atoms with Crippen LogP contribution in [0.3, 0.4) is 0 Å². The van der Waals surface area contributed by atoms with Gasteiger partial charge in [-0.15, -0.1) is 0 Å². The molecule has 2 fully saturated rings. The lowest BCUT2D eigenvalue weighted by Crippen LogP contribution is -2.58. The molecule has 2 aliphatic rings. The van der Waals surface area contributed by atoms with E-state index in [1.807, 2.05) is 0 Å². The zero-order valence-corrected chi connectivity index (χ0v) is 11.7. The lowest BCUT2D eigenvalue weighted by atomic mass is 9.81. The number of ketones is 1. The lowest BCUT2D eigenvalue weighted by Gasteiger charge is -2.47. The van der Waals surface area contributed by atoms with Crippen LogP contribution in [-0.4, -0.2) is 29.3 Å². The number of likely N-dealkylation sites (tertiary alicyclic amines) is 1. The molecule has 0 unspecified atom stereocenters. The fourth-order valence-corrected chi connectivity index (χ4v) is 3.07. The van der Waals surface area contributed by atoms with Crippen LogP contribution >= 0.6 is 0 Å². The first-order valence-electron chi connectivity index (χ1n) is 7.24. The molecule has 1 saturated carbocycles. The van der Waals surface area contributed by atoms with E-state index in [1.54, 1.807) is 0 Å². The third-order valence-electron chi connectivity index (χ3n) is 4.50. The number of carbonyl (C=O) groups excluding carboxylic acids is 1. The minimum absolute atomic E-state index is 0.238. The maximum atomic E-state index is 12.1. The molecule has 17 heavy (non-hydrogen) atoms. The largest absolute Gasteiger partial charge is 0.299 e. The summed E-state index contributed by atoms with van der Waals surface area (Å²) in [5, 5.41) is 0. The molecule has 0 spiro atoms. The van der Waals surface area contributed by atoms with Crippen LogP contribution in [0.5, 0.6) is 0 Å². The van der Waals surface area contributed by atoms with Gasteiger partial charge in [-0.1, -0.05) is 32.1 Å². The number of rotatable bonds is 3. The van der Waals surface area contributed by atoms with Gasteiger partial charge in [-0.2, -0.15) is 0 Å². The summed E-state index contributed by atoms with van der Waals surface area (Å²) < 4.78 is 0. The van der Waals surface area contributed by atoms with Gasteiger partial charge in [0, 0.05) is 31.0 Å². The summed E-state index contributed by atoms with van der Waals surface area (Å²) in [6.45, 7) is 8.68. The van der Waals surface area contributed by atoms with E-state index in [9.17, 15) is 4.79 Å². The quantitative estimate of drug-likeness (QED) is 0.751. The molecule has 2 nitrogen and oxygen atoms in total. The van der Waals surface area contributed by atoms with Gasteiger partial charge in [-0.25, -0.2) is 0 Å². The maximum absolute atomic E-state index is 12.1. The zero-order chi connectivity index (χ0) is 12.5.